The second kappa shape index (κ2) is 8.89. The molecule has 0 radical (unpaired) electrons. The van der Waals surface area contributed by atoms with Gasteiger partial charge < -0.3 is 5.32 Å². The topological polar surface area (TPSA) is 46.2 Å². The zero-order valence-electron chi connectivity index (χ0n) is 15.4. The van der Waals surface area contributed by atoms with Crippen molar-refractivity contribution in [2.45, 2.75) is 29.3 Å². The van der Waals surface area contributed by atoms with Crippen LogP contribution in [0.3, 0.4) is 0 Å². The first kappa shape index (κ1) is 24.3. The minimum Gasteiger partial charge on any atom is -0.326 e. The minimum atomic E-state index is -4.48. The number of Topliss-reactive ketones (excluding diaryl/α,β-unsaturated/α-hetero) is 1. The van der Waals surface area contributed by atoms with Crippen molar-refractivity contribution >= 4 is 68.1 Å². The molecule has 0 aromatic heterocycles. The summed E-state index contributed by atoms with van der Waals surface area (Å²) in [5.41, 5.74) is 0.568. The van der Waals surface area contributed by atoms with Gasteiger partial charge in [-0.3, -0.25) is 9.59 Å². The van der Waals surface area contributed by atoms with Crippen molar-refractivity contribution in [1.82, 2.24) is 0 Å². The highest BCUT2D eigenvalue weighted by Gasteiger charge is 2.67. The lowest BCUT2D eigenvalue weighted by molar-refractivity contribution is -0.133. The van der Waals surface area contributed by atoms with E-state index in [0.29, 0.717) is 5.56 Å². The van der Waals surface area contributed by atoms with Gasteiger partial charge in [0.2, 0.25) is 5.91 Å². The summed E-state index contributed by atoms with van der Waals surface area (Å²) in [6.45, 7) is 0. The normalized spacial score (nSPS) is 19.7. The molecule has 2 aromatic rings. The maximum Gasteiger partial charge on any atom is 0.389 e. The molecule has 0 heterocycles. The molecule has 0 spiro atoms. The van der Waals surface area contributed by atoms with Crippen molar-refractivity contribution < 1.29 is 27.2 Å². The molecule has 11 heteroatoms. The van der Waals surface area contributed by atoms with Gasteiger partial charge in [-0.1, -0.05) is 17.7 Å². The van der Waals surface area contributed by atoms with Crippen LogP contribution >= 0.6 is 50.7 Å². The number of benzene rings is 2. The molecule has 1 amide bonds. The van der Waals surface area contributed by atoms with E-state index in [1.165, 1.54) is 36.4 Å². The Morgan fingerprint density at radius 3 is 2.42 bits per heavy atom. The Balaban J connectivity index is 1.74. The van der Waals surface area contributed by atoms with Gasteiger partial charge in [-0.15, -0.1) is 23.2 Å². The predicted octanol–water partition coefficient (Wildman–Crippen LogP) is 7.29. The maximum absolute atomic E-state index is 13.5. The van der Waals surface area contributed by atoms with Gasteiger partial charge in [0.1, 0.15) is 10.2 Å². The van der Waals surface area contributed by atoms with E-state index in [-0.39, 0.29) is 20.7 Å². The standard InChI is InChI=1S/C20H13BrCl3F4NO2/c21-12-7-9(1-4-14(12)25)16-17(20(16,23)24)18(31)29-10-2-3-13(22)11(8-10)15(30)5-6-19(26,27)28/h1-4,7-8,16-17H,5-6H2,(H,29,31). The molecule has 1 aliphatic carbocycles. The molecule has 1 aliphatic rings. The van der Waals surface area contributed by atoms with Crippen molar-refractivity contribution in [3.05, 3.63) is 62.8 Å². The number of hydrogen-bond donors (Lipinski definition) is 1. The van der Waals surface area contributed by atoms with Gasteiger partial charge in [0, 0.05) is 23.6 Å². The van der Waals surface area contributed by atoms with Crippen molar-refractivity contribution in [3.8, 4) is 0 Å². The largest absolute Gasteiger partial charge is 0.389 e. The summed E-state index contributed by atoms with van der Waals surface area (Å²) >= 11 is 21.5. The highest BCUT2D eigenvalue weighted by atomic mass is 79.9. The summed E-state index contributed by atoms with van der Waals surface area (Å²) in [7, 11) is 0. The van der Waals surface area contributed by atoms with Crippen LogP contribution in [0, 0.1) is 11.7 Å². The van der Waals surface area contributed by atoms with Crippen LogP contribution in [0.5, 0.6) is 0 Å². The van der Waals surface area contributed by atoms with Crippen LogP contribution in [0.4, 0.5) is 23.2 Å². The van der Waals surface area contributed by atoms with Gasteiger partial charge in [-0.2, -0.15) is 13.2 Å². The van der Waals surface area contributed by atoms with Gasteiger partial charge in [0.15, 0.2) is 5.78 Å². The summed E-state index contributed by atoms with van der Waals surface area (Å²) in [5, 5.41) is 2.52. The number of hydrogen-bond acceptors (Lipinski definition) is 2. The molecule has 1 saturated carbocycles. The second-order valence-corrected chi connectivity index (χ2v) is 9.73. The molecule has 31 heavy (non-hydrogen) atoms. The lowest BCUT2D eigenvalue weighted by atomic mass is 10.1. The first-order valence-electron chi connectivity index (χ1n) is 8.84. The fraction of sp³-hybridized carbons (Fsp3) is 0.300. The van der Waals surface area contributed by atoms with Gasteiger partial charge in [-0.05, 0) is 51.8 Å². The third-order valence-electron chi connectivity index (χ3n) is 4.81. The van der Waals surface area contributed by atoms with Crippen LogP contribution in [0.15, 0.2) is 40.9 Å². The molecule has 0 saturated heterocycles. The van der Waals surface area contributed by atoms with Gasteiger partial charge in [-0.25, -0.2) is 4.39 Å². The van der Waals surface area contributed by atoms with E-state index in [1.54, 1.807) is 0 Å². The number of ketones is 1. The number of anilines is 1. The lowest BCUT2D eigenvalue weighted by Gasteiger charge is -2.10. The van der Waals surface area contributed by atoms with Crippen molar-refractivity contribution in [3.63, 3.8) is 0 Å². The number of alkyl halides is 5. The Hall–Kier alpha value is -1.35. The second-order valence-electron chi connectivity index (χ2n) is 7.03. The molecule has 0 aliphatic heterocycles. The average molecular weight is 562 g/mol. The number of halogens is 8. The van der Waals surface area contributed by atoms with Gasteiger partial charge in [0.05, 0.1) is 21.8 Å². The van der Waals surface area contributed by atoms with Crippen molar-refractivity contribution in [2.75, 3.05) is 5.32 Å². The Labute approximate surface area is 198 Å². The fourth-order valence-corrected chi connectivity index (χ4v) is 4.65. The highest BCUT2D eigenvalue weighted by Crippen LogP contribution is 2.65. The molecule has 0 bridgehead atoms. The van der Waals surface area contributed by atoms with Crippen LogP contribution < -0.4 is 5.32 Å². The minimum absolute atomic E-state index is 0.0327. The van der Waals surface area contributed by atoms with Crippen molar-refractivity contribution in [1.29, 1.82) is 0 Å². The van der Waals surface area contributed by atoms with Crippen LogP contribution in [0.25, 0.3) is 0 Å². The molecule has 3 nitrogen and oxygen atoms in total. The number of carbonyl (C=O) groups excluding carboxylic acids is 2. The molecule has 166 valence electrons. The van der Waals surface area contributed by atoms with Crippen LogP contribution in [-0.2, 0) is 4.79 Å². The van der Waals surface area contributed by atoms with E-state index < -0.39 is 52.7 Å². The summed E-state index contributed by atoms with van der Waals surface area (Å²) < 4.78 is 49.4. The molecular weight excluding hydrogens is 548 g/mol. The van der Waals surface area contributed by atoms with E-state index in [0.717, 1.165) is 0 Å². The quantitative estimate of drug-likeness (QED) is 0.229. The van der Waals surface area contributed by atoms with Gasteiger partial charge in [0.25, 0.3) is 0 Å². The monoisotopic (exact) mass is 559 g/mol. The summed E-state index contributed by atoms with van der Waals surface area (Å²) in [5.74, 6) is -3.32. The number of carbonyl (C=O) groups is 2. The molecule has 1 fully saturated rings. The zero-order chi connectivity index (χ0) is 23.1. The van der Waals surface area contributed by atoms with E-state index in [9.17, 15) is 27.2 Å². The third kappa shape index (κ3) is 5.53. The van der Waals surface area contributed by atoms with E-state index in [4.69, 9.17) is 34.8 Å². The summed E-state index contributed by atoms with van der Waals surface area (Å²) in [6.07, 6.45) is -6.53. The highest BCUT2D eigenvalue weighted by molar-refractivity contribution is 9.10. The van der Waals surface area contributed by atoms with E-state index >= 15 is 0 Å². The predicted molar refractivity (Wildman–Crippen MR) is 114 cm³/mol. The maximum atomic E-state index is 13.5. The van der Waals surface area contributed by atoms with Crippen LogP contribution in [0.2, 0.25) is 5.02 Å². The molecule has 2 atom stereocenters. The third-order valence-corrected chi connectivity index (χ3v) is 6.69. The first-order chi connectivity index (χ1) is 14.3. The molecule has 1 N–H and O–H groups in total. The zero-order valence-corrected chi connectivity index (χ0v) is 19.2. The summed E-state index contributed by atoms with van der Waals surface area (Å²) in [4.78, 5) is 24.8. The van der Waals surface area contributed by atoms with Gasteiger partial charge >= 0.3 is 6.18 Å². The van der Waals surface area contributed by atoms with E-state index in [1.807, 2.05) is 0 Å². The average Bonchev–Trinajstić information content (AvgIpc) is 3.25. The van der Waals surface area contributed by atoms with Crippen LogP contribution in [0.1, 0.15) is 34.7 Å². The first-order valence-corrected chi connectivity index (χ1v) is 10.8. The smallest absolute Gasteiger partial charge is 0.326 e. The number of amides is 1. The molecule has 2 aromatic carbocycles. The SMILES string of the molecule is O=C(CCC(F)(F)F)c1cc(NC(=O)C2C(c3ccc(F)c(Br)c3)C2(Cl)Cl)ccc1Cl. The Kier molecular flexibility index (Phi) is 6.96. The summed E-state index contributed by atoms with van der Waals surface area (Å²) in [6, 6.07) is 8.07. The Bertz CT molecular complexity index is 1050. The van der Waals surface area contributed by atoms with Crippen molar-refractivity contribution in [2.24, 2.45) is 5.92 Å². The number of rotatable bonds is 6. The fourth-order valence-electron chi connectivity index (χ4n) is 3.20. The number of nitrogens with one attached hydrogen (secondary N) is 1. The van der Waals surface area contributed by atoms with Crippen LogP contribution in [-0.4, -0.2) is 22.2 Å². The lowest BCUT2D eigenvalue weighted by Crippen LogP contribution is -2.17. The molecular formula is C20H13BrCl3F4NO2. The molecule has 2 unspecified atom stereocenters. The van der Waals surface area contributed by atoms with E-state index in [2.05, 4.69) is 21.2 Å². The Morgan fingerprint density at radius 2 is 1.81 bits per heavy atom. The Morgan fingerprint density at radius 1 is 1.13 bits per heavy atom. The molecule has 3 rings (SSSR count).